The number of piperidine rings is 1. The Morgan fingerprint density at radius 1 is 1.29 bits per heavy atom. The third-order valence-corrected chi connectivity index (χ3v) is 4.22. The van der Waals surface area contributed by atoms with Crippen molar-refractivity contribution >= 4 is 5.69 Å². The van der Waals surface area contributed by atoms with Gasteiger partial charge in [0.1, 0.15) is 0 Å². The number of hydrogen-bond donors (Lipinski definition) is 1. The molecule has 0 unspecified atom stereocenters. The highest BCUT2D eigenvalue weighted by atomic mass is 19.1. The van der Waals surface area contributed by atoms with Crippen molar-refractivity contribution in [3.8, 4) is 0 Å². The molecule has 3 nitrogen and oxygen atoms in total. The summed E-state index contributed by atoms with van der Waals surface area (Å²) in [4.78, 5) is 6.11. The molecule has 4 heteroatoms. The average Bonchev–Trinajstić information content (AvgIpc) is 3.11. The summed E-state index contributed by atoms with van der Waals surface area (Å²) in [7, 11) is 0. The van der Waals surface area contributed by atoms with E-state index >= 15 is 0 Å². The van der Waals surface area contributed by atoms with Crippen LogP contribution in [0.15, 0.2) is 12.3 Å². The molecule has 1 saturated heterocycles. The van der Waals surface area contributed by atoms with E-state index in [-0.39, 0.29) is 5.82 Å². The molecule has 1 aromatic rings. The minimum absolute atomic E-state index is 0.228. The Kier molecular flexibility index (Phi) is 2.54. The maximum atomic E-state index is 13.8. The highest BCUT2D eigenvalue weighted by Crippen LogP contribution is 2.53. The monoisotopic (exact) mass is 235 g/mol. The lowest BCUT2D eigenvalue weighted by atomic mass is 9.93. The zero-order valence-corrected chi connectivity index (χ0v) is 9.95. The zero-order chi connectivity index (χ0) is 11.9. The molecule has 2 fully saturated rings. The molecule has 0 amide bonds. The molecule has 2 aliphatic rings. The molecule has 3 rings (SSSR count). The second-order valence-electron chi connectivity index (χ2n) is 5.32. The maximum absolute atomic E-state index is 13.8. The van der Waals surface area contributed by atoms with E-state index < -0.39 is 0 Å². The molecule has 0 aromatic carbocycles. The second-order valence-corrected chi connectivity index (χ2v) is 5.32. The largest absolute Gasteiger partial charge is 0.369 e. The summed E-state index contributed by atoms with van der Waals surface area (Å²) in [5, 5.41) is 0. The number of rotatable bonds is 2. The van der Waals surface area contributed by atoms with Crippen LogP contribution in [0.2, 0.25) is 0 Å². The van der Waals surface area contributed by atoms with Gasteiger partial charge in [0, 0.05) is 19.6 Å². The van der Waals surface area contributed by atoms with Crippen molar-refractivity contribution in [2.75, 3.05) is 18.0 Å². The maximum Gasteiger partial charge on any atom is 0.164 e. The number of hydrogen-bond acceptors (Lipinski definition) is 3. The van der Waals surface area contributed by atoms with E-state index in [1.807, 2.05) is 0 Å². The molecular weight excluding hydrogens is 217 g/mol. The summed E-state index contributed by atoms with van der Waals surface area (Å²) in [6.07, 6.45) is 6.43. The SMILES string of the molecule is NCc1cc(N2CCC3(CC2)CC3)c(F)cn1. The lowest BCUT2D eigenvalue weighted by molar-refractivity contribution is 0.382. The van der Waals surface area contributed by atoms with Crippen molar-refractivity contribution in [3.63, 3.8) is 0 Å². The number of nitrogens with two attached hydrogens (primary N) is 1. The van der Waals surface area contributed by atoms with Gasteiger partial charge < -0.3 is 10.6 Å². The topological polar surface area (TPSA) is 42.1 Å². The summed E-state index contributed by atoms with van der Waals surface area (Å²) in [6, 6.07) is 1.79. The minimum Gasteiger partial charge on any atom is -0.369 e. The van der Waals surface area contributed by atoms with Gasteiger partial charge in [-0.2, -0.15) is 0 Å². The highest BCUT2D eigenvalue weighted by Gasteiger charge is 2.44. The van der Waals surface area contributed by atoms with Gasteiger partial charge in [-0.05, 0) is 37.2 Å². The fourth-order valence-corrected chi connectivity index (χ4v) is 2.72. The van der Waals surface area contributed by atoms with Crippen LogP contribution in [0.5, 0.6) is 0 Å². The van der Waals surface area contributed by atoms with Crippen LogP contribution in [0, 0.1) is 11.2 Å². The van der Waals surface area contributed by atoms with Gasteiger partial charge >= 0.3 is 0 Å². The molecule has 0 radical (unpaired) electrons. The Morgan fingerprint density at radius 2 is 2.00 bits per heavy atom. The van der Waals surface area contributed by atoms with Gasteiger partial charge in [-0.3, -0.25) is 4.98 Å². The Bertz CT molecular complexity index is 419. The normalized spacial score (nSPS) is 21.9. The van der Waals surface area contributed by atoms with Crippen LogP contribution in [-0.2, 0) is 6.54 Å². The van der Waals surface area contributed by atoms with Gasteiger partial charge in [0.2, 0.25) is 0 Å². The number of aromatic nitrogens is 1. The van der Waals surface area contributed by atoms with E-state index in [9.17, 15) is 4.39 Å². The average molecular weight is 235 g/mol. The van der Waals surface area contributed by atoms with Gasteiger partial charge in [0.25, 0.3) is 0 Å². The van der Waals surface area contributed by atoms with Gasteiger partial charge in [0.15, 0.2) is 5.82 Å². The molecule has 2 N–H and O–H groups in total. The molecule has 1 aliphatic heterocycles. The summed E-state index contributed by atoms with van der Waals surface area (Å²) < 4.78 is 13.8. The summed E-state index contributed by atoms with van der Waals surface area (Å²) in [5.41, 5.74) is 7.60. The molecule has 0 atom stereocenters. The first-order valence-corrected chi connectivity index (χ1v) is 6.32. The highest BCUT2D eigenvalue weighted by molar-refractivity contribution is 5.48. The van der Waals surface area contributed by atoms with Crippen molar-refractivity contribution in [1.29, 1.82) is 0 Å². The fraction of sp³-hybridized carbons (Fsp3) is 0.615. The molecular formula is C13H18FN3. The van der Waals surface area contributed by atoms with Crippen LogP contribution >= 0.6 is 0 Å². The second kappa shape index (κ2) is 3.95. The lowest BCUT2D eigenvalue weighted by Crippen LogP contribution is -2.35. The predicted molar refractivity (Wildman–Crippen MR) is 65.2 cm³/mol. The van der Waals surface area contributed by atoms with Crippen LogP contribution in [0.3, 0.4) is 0 Å². The summed E-state index contributed by atoms with van der Waals surface area (Å²) >= 11 is 0. The Balaban J connectivity index is 1.79. The molecule has 0 bridgehead atoms. The Morgan fingerprint density at radius 3 is 2.59 bits per heavy atom. The zero-order valence-electron chi connectivity index (χ0n) is 9.95. The van der Waals surface area contributed by atoms with Crippen molar-refractivity contribution in [1.82, 2.24) is 4.98 Å². The molecule has 1 aromatic heterocycles. The number of nitrogens with zero attached hydrogens (tertiary/aromatic N) is 2. The minimum atomic E-state index is -0.228. The van der Waals surface area contributed by atoms with Crippen molar-refractivity contribution in [3.05, 3.63) is 23.8 Å². The van der Waals surface area contributed by atoms with Crippen LogP contribution in [0.4, 0.5) is 10.1 Å². The van der Waals surface area contributed by atoms with E-state index in [4.69, 9.17) is 5.73 Å². The van der Waals surface area contributed by atoms with Gasteiger partial charge in [-0.25, -0.2) is 4.39 Å². The van der Waals surface area contributed by atoms with E-state index in [0.717, 1.165) is 18.8 Å². The summed E-state index contributed by atoms with van der Waals surface area (Å²) in [6.45, 7) is 2.29. The Hall–Kier alpha value is -1.16. The number of anilines is 1. The van der Waals surface area contributed by atoms with Gasteiger partial charge in [-0.1, -0.05) is 0 Å². The third kappa shape index (κ3) is 2.02. The fourth-order valence-electron chi connectivity index (χ4n) is 2.72. The smallest absolute Gasteiger partial charge is 0.164 e. The van der Waals surface area contributed by atoms with Crippen LogP contribution in [0.25, 0.3) is 0 Å². The first-order chi connectivity index (χ1) is 8.22. The molecule has 2 heterocycles. The summed E-state index contributed by atoms with van der Waals surface area (Å²) in [5.74, 6) is -0.228. The Labute approximate surface area is 101 Å². The molecule has 17 heavy (non-hydrogen) atoms. The van der Waals surface area contributed by atoms with Crippen molar-refractivity contribution < 1.29 is 4.39 Å². The number of halogens is 1. The van der Waals surface area contributed by atoms with Crippen LogP contribution in [-0.4, -0.2) is 18.1 Å². The number of pyridine rings is 1. The first kappa shape index (κ1) is 11.0. The molecule has 1 saturated carbocycles. The molecule has 1 spiro atoms. The van der Waals surface area contributed by atoms with Crippen LogP contribution in [0.1, 0.15) is 31.4 Å². The van der Waals surface area contributed by atoms with E-state index in [0.29, 0.717) is 17.6 Å². The predicted octanol–water partition coefficient (Wildman–Crippen LogP) is 2.06. The van der Waals surface area contributed by atoms with E-state index in [2.05, 4.69) is 9.88 Å². The van der Waals surface area contributed by atoms with Crippen LogP contribution < -0.4 is 10.6 Å². The van der Waals surface area contributed by atoms with E-state index in [1.54, 1.807) is 6.07 Å². The van der Waals surface area contributed by atoms with Gasteiger partial charge in [-0.15, -0.1) is 0 Å². The first-order valence-electron chi connectivity index (χ1n) is 6.32. The quantitative estimate of drug-likeness (QED) is 0.853. The van der Waals surface area contributed by atoms with Crippen molar-refractivity contribution in [2.45, 2.75) is 32.2 Å². The molecule has 92 valence electrons. The third-order valence-electron chi connectivity index (χ3n) is 4.22. The van der Waals surface area contributed by atoms with E-state index in [1.165, 1.54) is 31.9 Å². The molecule has 1 aliphatic carbocycles. The lowest BCUT2D eigenvalue weighted by Gasteiger charge is -2.34. The van der Waals surface area contributed by atoms with Crippen molar-refractivity contribution in [2.24, 2.45) is 11.1 Å². The standard InChI is InChI=1S/C13H18FN3/c14-11-9-16-10(8-15)7-12(11)17-5-3-13(1-2-13)4-6-17/h7,9H,1-6,8,15H2. The van der Waals surface area contributed by atoms with Gasteiger partial charge in [0.05, 0.1) is 17.6 Å².